The van der Waals surface area contributed by atoms with E-state index >= 15 is 0 Å². The molecule has 0 bridgehead atoms. The highest BCUT2D eigenvalue weighted by Crippen LogP contribution is 2.15. The van der Waals surface area contributed by atoms with Gasteiger partial charge in [-0.2, -0.15) is 0 Å². The number of nitrogens with zero attached hydrogens (tertiary/aromatic N) is 1. The molecule has 1 heterocycles. The molecule has 7 heteroatoms. The second-order valence-corrected chi connectivity index (χ2v) is 5.70. The summed E-state index contributed by atoms with van der Waals surface area (Å²) in [5.74, 6) is 0.177. The van der Waals surface area contributed by atoms with Crippen LogP contribution in [0.2, 0.25) is 0 Å². The number of hydrogen-bond acceptors (Lipinski definition) is 4. The highest BCUT2D eigenvalue weighted by molar-refractivity contribution is 7.91. The average Bonchev–Trinajstić information content (AvgIpc) is 2.54. The molecule has 15 heavy (non-hydrogen) atoms. The number of rotatable bonds is 6. The Hall–Kier alpha value is -1.11. The van der Waals surface area contributed by atoms with Crippen molar-refractivity contribution in [3.63, 3.8) is 0 Å². The summed E-state index contributed by atoms with van der Waals surface area (Å²) in [6, 6.07) is -0.235. The summed E-state index contributed by atoms with van der Waals surface area (Å²) in [6.07, 6.45) is 1.68. The highest BCUT2D eigenvalue weighted by Gasteiger charge is 2.31. The molecule has 6 nitrogen and oxygen atoms in total. The van der Waals surface area contributed by atoms with Gasteiger partial charge in [-0.25, -0.2) is 8.42 Å². The minimum atomic E-state index is -2.97. The minimum Gasteiger partial charge on any atom is -0.357 e. The van der Waals surface area contributed by atoms with Gasteiger partial charge in [-0.05, 0) is 6.42 Å². The molecular formula is C8H14N2O4S. The quantitative estimate of drug-likeness (QED) is 0.442. The van der Waals surface area contributed by atoms with Gasteiger partial charge < -0.3 is 10.2 Å². The van der Waals surface area contributed by atoms with Crippen molar-refractivity contribution in [2.75, 3.05) is 24.6 Å². The van der Waals surface area contributed by atoms with Gasteiger partial charge in [-0.15, -0.1) is 0 Å². The summed E-state index contributed by atoms with van der Waals surface area (Å²) in [6.45, 7) is 0.696. The standard InChI is InChI=1S/C8H14N2O4S/c11-6-9-2-3-10(7-12)8-1-4-15(13,14)5-8/h6-8H,1-5H2,(H,9,11). The molecule has 0 aliphatic carbocycles. The molecule has 1 N–H and O–H groups in total. The van der Waals surface area contributed by atoms with E-state index in [1.165, 1.54) is 4.90 Å². The SMILES string of the molecule is O=CNCCN(C=O)C1CCS(=O)(=O)C1. The van der Waals surface area contributed by atoms with E-state index in [1.54, 1.807) is 0 Å². The fourth-order valence-electron chi connectivity index (χ4n) is 1.61. The van der Waals surface area contributed by atoms with E-state index in [1.807, 2.05) is 0 Å². The second kappa shape index (κ2) is 5.11. The third-order valence-electron chi connectivity index (χ3n) is 2.41. The highest BCUT2D eigenvalue weighted by atomic mass is 32.2. The van der Waals surface area contributed by atoms with Crippen LogP contribution in [0.15, 0.2) is 0 Å². The van der Waals surface area contributed by atoms with E-state index in [0.29, 0.717) is 32.3 Å². The summed E-state index contributed by atoms with van der Waals surface area (Å²) >= 11 is 0. The molecule has 1 saturated heterocycles. The maximum absolute atomic E-state index is 11.2. The van der Waals surface area contributed by atoms with E-state index in [0.717, 1.165) is 0 Å². The van der Waals surface area contributed by atoms with Crippen molar-refractivity contribution in [3.8, 4) is 0 Å². The fraction of sp³-hybridized carbons (Fsp3) is 0.750. The molecule has 1 aliphatic heterocycles. The van der Waals surface area contributed by atoms with Gasteiger partial charge in [0.1, 0.15) is 0 Å². The Labute approximate surface area is 88.5 Å². The normalized spacial score (nSPS) is 23.3. The molecule has 1 rings (SSSR count). The Balaban J connectivity index is 2.45. The lowest BCUT2D eigenvalue weighted by Crippen LogP contribution is -2.39. The fourth-order valence-corrected chi connectivity index (χ4v) is 3.35. The number of amides is 2. The third-order valence-corrected chi connectivity index (χ3v) is 4.16. The molecule has 0 aromatic heterocycles. The molecule has 2 amide bonds. The number of nitrogens with one attached hydrogen (secondary N) is 1. The van der Waals surface area contributed by atoms with Gasteiger partial charge in [0, 0.05) is 19.1 Å². The Morgan fingerprint density at radius 2 is 2.13 bits per heavy atom. The first-order valence-electron chi connectivity index (χ1n) is 4.67. The van der Waals surface area contributed by atoms with Gasteiger partial charge in [0.2, 0.25) is 12.8 Å². The average molecular weight is 234 g/mol. The topological polar surface area (TPSA) is 83.6 Å². The lowest BCUT2D eigenvalue weighted by atomic mass is 10.2. The van der Waals surface area contributed by atoms with E-state index in [2.05, 4.69) is 5.32 Å². The van der Waals surface area contributed by atoms with Crippen molar-refractivity contribution in [2.45, 2.75) is 12.5 Å². The summed E-state index contributed by atoms with van der Waals surface area (Å²) in [4.78, 5) is 22.1. The Morgan fingerprint density at radius 3 is 2.60 bits per heavy atom. The maximum Gasteiger partial charge on any atom is 0.210 e. The minimum absolute atomic E-state index is 0.0346. The summed E-state index contributed by atoms with van der Waals surface area (Å²) in [5, 5.41) is 2.43. The molecule has 0 aromatic carbocycles. The van der Waals surface area contributed by atoms with Gasteiger partial charge >= 0.3 is 0 Å². The largest absolute Gasteiger partial charge is 0.357 e. The molecular weight excluding hydrogens is 220 g/mol. The number of sulfone groups is 1. The van der Waals surface area contributed by atoms with E-state index < -0.39 is 9.84 Å². The van der Waals surface area contributed by atoms with Crippen molar-refractivity contribution < 1.29 is 18.0 Å². The van der Waals surface area contributed by atoms with E-state index in [9.17, 15) is 18.0 Å². The Morgan fingerprint density at radius 1 is 1.40 bits per heavy atom. The van der Waals surface area contributed by atoms with Crippen LogP contribution in [0.1, 0.15) is 6.42 Å². The zero-order valence-corrected chi connectivity index (χ0v) is 9.07. The second-order valence-electron chi connectivity index (χ2n) is 3.47. The Bertz CT molecular complexity index is 328. The smallest absolute Gasteiger partial charge is 0.210 e. The Kier molecular flexibility index (Phi) is 4.07. The zero-order valence-electron chi connectivity index (χ0n) is 8.26. The van der Waals surface area contributed by atoms with Gasteiger partial charge in [0.25, 0.3) is 0 Å². The number of carbonyl (C=O) groups is 2. The summed E-state index contributed by atoms with van der Waals surface area (Å²) in [5.41, 5.74) is 0. The van der Waals surface area contributed by atoms with Crippen LogP contribution in [0.25, 0.3) is 0 Å². The summed E-state index contributed by atoms with van der Waals surface area (Å²) in [7, 11) is -2.97. The molecule has 1 fully saturated rings. The van der Waals surface area contributed by atoms with Gasteiger partial charge in [-0.3, -0.25) is 9.59 Å². The van der Waals surface area contributed by atoms with Crippen LogP contribution < -0.4 is 5.32 Å². The molecule has 0 spiro atoms. The van der Waals surface area contributed by atoms with Gasteiger partial charge in [-0.1, -0.05) is 0 Å². The van der Waals surface area contributed by atoms with Crippen LogP contribution in [-0.2, 0) is 19.4 Å². The number of hydrogen-bond donors (Lipinski definition) is 1. The first-order valence-corrected chi connectivity index (χ1v) is 6.49. The van der Waals surface area contributed by atoms with Crippen molar-refractivity contribution in [2.24, 2.45) is 0 Å². The third kappa shape index (κ3) is 3.50. The van der Waals surface area contributed by atoms with Crippen LogP contribution in [0.5, 0.6) is 0 Å². The van der Waals surface area contributed by atoms with E-state index in [-0.39, 0.29) is 17.5 Å². The molecule has 1 unspecified atom stereocenters. The lowest BCUT2D eigenvalue weighted by Gasteiger charge is -2.23. The van der Waals surface area contributed by atoms with Crippen molar-refractivity contribution in [1.82, 2.24) is 10.2 Å². The first kappa shape index (κ1) is 12.0. The molecule has 1 atom stereocenters. The van der Waals surface area contributed by atoms with Crippen molar-refractivity contribution in [1.29, 1.82) is 0 Å². The van der Waals surface area contributed by atoms with Crippen molar-refractivity contribution in [3.05, 3.63) is 0 Å². The molecule has 0 saturated carbocycles. The zero-order chi connectivity index (χ0) is 11.3. The van der Waals surface area contributed by atoms with Crippen LogP contribution >= 0.6 is 0 Å². The van der Waals surface area contributed by atoms with Crippen molar-refractivity contribution >= 4 is 22.7 Å². The summed E-state index contributed by atoms with van der Waals surface area (Å²) < 4.78 is 22.4. The van der Waals surface area contributed by atoms with Gasteiger partial charge in [0.15, 0.2) is 9.84 Å². The van der Waals surface area contributed by atoms with Gasteiger partial charge in [0.05, 0.1) is 11.5 Å². The lowest BCUT2D eigenvalue weighted by molar-refractivity contribution is -0.120. The molecule has 0 aromatic rings. The maximum atomic E-state index is 11.2. The predicted molar refractivity (Wildman–Crippen MR) is 53.9 cm³/mol. The number of carbonyl (C=O) groups excluding carboxylic acids is 2. The molecule has 1 aliphatic rings. The first-order chi connectivity index (χ1) is 7.09. The molecule has 0 radical (unpaired) electrons. The van der Waals surface area contributed by atoms with Crippen LogP contribution in [-0.4, -0.2) is 56.8 Å². The van der Waals surface area contributed by atoms with Crippen LogP contribution in [0.4, 0.5) is 0 Å². The predicted octanol–water partition coefficient (Wildman–Crippen LogP) is -1.62. The molecule has 86 valence electrons. The monoisotopic (exact) mass is 234 g/mol. The van der Waals surface area contributed by atoms with Crippen LogP contribution in [0.3, 0.4) is 0 Å². The van der Waals surface area contributed by atoms with Crippen LogP contribution in [0, 0.1) is 0 Å². The van der Waals surface area contributed by atoms with E-state index in [4.69, 9.17) is 0 Å².